The van der Waals surface area contributed by atoms with Crippen molar-refractivity contribution in [2.24, 2.45) is 10.8 Å². The number of nitrogens with zero attached hydrogens (tertiary/aromatic N) is 4. The number of carbonyl (C=O) groups excluding carboxylic acids is 8. The van der Waals surface area contributed by atoms with Gasteiger partial charge in [0.15, 0.2) is 16.6 Å². The molecule has 0 bridgehead atoms. The van der Waals surface area contributed by atoms with E-state index in [-0.39, 0.29) is 72.0 Å². The first-order valence-electron chi connectivity index (χ1n) is 12.0. The van der Waals surface area contributed by atoms with E-state index < -0.39 is 74.7 Å². The summed E-state index contributed by atoms with van der Waals surface area (Å²) >= 11 is 0. The number of hydrogen-bond donors (Lipinski definition) is 0. The van der Waals surface area contributed by atoms with Crippen molar-refractivity contribution >= 4 is 63.9 Å². The van der Waals surface area contributed by atoms with Crippen LogP contribution in [-0.4, -0.2) is 87.3 Å². The van der Waals surface area contributed by atoms with Crippen LogP contribution < -0.4 is 0 Å². The number of amides is 8. The second kappa shape index (κ2) is 12.6. The van der Waals surface area contributed by atoms with Gasteiger partial charge in [0.2, 0.25) is 10.8 Å². The Balaban J connectivity index is 0.000000456. The van der Waals surface area contributed by atoms with Crippen LogP contribution in [0.25, 0.3) is 10.6 Å². The Morgan fingerprint density at radius 2 is 1.03 bits per heavy atom. The maximum Gasteiger partial charge on any atom is 0.256 e. The molecule has 208 valence electrons. The molecule has 0 aromatic heterocycles. The molecule has 2 spiro atoms. The van der Waals surface area contributed by atoms with Gasteiger partial charge in [-0.05, 0) is 44.7 Å². The standard InChI is InChI=1S/C16H28N2O5Si2.C6H4N2O4.2Y/c1-6-7-10-24(2,3)23-25(4,5)11-8-9-18-14(21)16(15(18)22)12(19)17-13(16)20;1-8-4(11)6(5(8)12)2(9)7-3(6)10;;/h6-11H2,1-5H3,(H,17,19,20);1H3,(H,7,9,10);;/p-2. The Kier molecular flexibility index (Phi) is 11.7. The fraction of sp³-hybridized carbons (Fsp3) is 0.636. The number of rotatable bonds is 9. The maximum absolute atomic E-state index is 12.1. The summed E-state index contributed by atoms with van der Waals surface area (Å²) in [6, 6.07) is 1.96. The van der Waals surface area contributed by atoms with E-state index >= 15 is 0 Å². The van der Waals surface area contributed by atoms with Crippen molar-refractivity contribution in [2.75, 3.05) is 13.6 Å². The van der Waals surface area contributed by atoms with Crippen molar-refractivity contribution in [1.82, 2.24) is 9.80 Å². The summed E-state index contributed by atoms with van der Waals surface area (Å²) in [6.45, 7) is 11.2. The predicted octanol–water partition coefficient (Wildman–Crippen LogP) is 0.806. The summed E-state index contributed by atoms with van der Waals surface area (Å²) in [5, 5.41) is 5.95. The van der Waals surface area contributed by atoms with Gasteiger partial charge in [0.1, 0.15) is 0 Å². The van der Waals surface area contributed by atoms with E-state index in [4.69, 9.17) is 4.12 Å². The predicted molar refractivity (Wildman–Crippen MR) is 131 cm³/mol. The molecule has 39 heavy (non-hydrogen) atoms. The van der Waals surface area contributed by atoms with Gasteiger partial charge in [-0.3, -0.25) is 29.0 Å². The van der Waals surface area contributed by atoms with Gasteiger partial charge >= 0.3 is 0 Å². The van der Waals surface area contributed by atoms with E-state index in [0.29, 0.717) is 6.42 Å². The van der Waals surface area contributed by atoms with E-state index in [0.717, 1.165) is 28.3 Å². The van der Waals surface area contributed by atoms with E-state index in [1.54, 1.807) is 0 Å². The first kappa shape index (κ1) is 36.2. The molecule has 8 amide bonds. The van der Waals surface area contributed by atoms with E-state index in [1.165, 1.54) is 13.5 Å². The third-order valence-corrected chi connectivity index (χ3v) is 14.5. The molecule has 4 rings (SSSR count). The number of unbranched alkanes of at least 4 members (excludes halogenated alkanes) is 1. The summed E-state index contributed by atoms with van der Waals surface area (Å²) < 4.78 is 6.49. The molecule has 4 aliphatic heterocycles. The number of β-lactam (4-membered cyclic amide) rings is 8. The van der Waals surface area contributed by atoms with Crippen molar-refractivity contribution < 1.29 is 108 Å². The minimum Gasteiger partial charge on any atom is -0.592 e. The van der Waals surface area contributed by atoms with Crippen molar-refractivity contribution in [3.63, 3.8) is 0 Å². The zero-order valence-corrected chi connectivity index (χ0v) is 30.5. The second-order valence-electron chi connectivity index (χ2n) is 10.7. The van der Waals surface area contributed by atoms with Crippen LogP contribution in [0.15, 0.2) is 0 Å². The summed E-state index contributed by atoms with van der Waals surface area (Å²) in [4.78, 5) is 92.3. The van der Waals surface area contributed by atoms with Crippen molar-refractivity contribution in [3.8, 4) is 0 Å². The number of carbonyl (C=O) groups is 8. The first-order valence-corrected chi connectivity index (χ1v) is 18.2. The van der Waals surface area contributed by atoms with Gasteiger partial charge in [-0.1, -0.05) is 19.8 Å². The van der Waals surface area contributed by atoms with Gasteiger partial charge in [0.25, 0.3) is 23.6 Å². The normalized spacial score (nSPS) is 20.5. The molecule has 0 N–H and O–H groups in total. The third kappa shape index (κ3) is 5.78. The Labute approximate surface area is 278 Å². The molecule has 4 fully saturated rings. The molecule has 17 heteroatoms. The largest absolute Gasteiger partial charge is 0.592 e. The Morgan fingerprint density at radius 1 is 0.667 bits per heavy atom. The zero-order chi connectivity index (χ0) is 28.1. The van der Waals surface area contributed by atoms with Crippen LogP contribution in [0.3, 0.4) is 0 Å². The summed E-state index contributed by atoms with van der Waals surface area (Å²) in [7, 11) is -2.35. The first-order chi connectivity index (χ1) is 17.0. The SMILES string of the molecule is CCCC[Si](C)(C)O[Si](C)(C)CCCN1C(=O)C2(C(=O)[N-]C2=O)C1=O.CN1C(=O)C2(C(=O)[N-]C2=O)C1=O.[Y].[Y]. The van der Waals surface area contributed by atoms with Gasteiger partial charge in [-0.2, -0.15) is 0 Å². The third-order valence-electron chi connectivity index (χ3n) is 6.92. The van der Waals surface area contributed by atoms with Gasteiger partial charge in [-0.15, -0.1) is 0 Å². The maximum atomic E-state index is 12.1. The molecular weight excluding hydrogens is 698 g/mol. The second-order valence-corrected chi connectivity index (χ2v) is 19.6. The Morgan fingerprint density at radius 3 is 1.36 bits per heavy atom. The topological polar surface area (TPSA) is 180 Å². The molecule has 0 atom stereocenters. The van der Waals surface area contributed by atoms with Gasteiger partial charge < -0.3 is 33.9 Å². The van der Waals surface area contributed by atoms with Crippen LogP contribution in [0.5, 0.6) is 0 Å². The van der Waals surface area contributed by atoms with Crippen molar-refractivity contribution in [1.29, 1.82) is 0 Å². The summed E-state index contributed by atoms with van der Waals surface area (Å²) in [5.41, 5.74) is -4.15. The molecule has 4 aliphatic rings. The minimum absolute atomic E-state index is 0. The molecule has 0 aromatic carbocycles. The van der Waals surface area contributed by atoms with Gasteiger partial charge in [0, 0.05) is 79.0 Å². The van der Waals surface area contributed by atoms with Crippen molar-refractivity contribution in [2.45, 2.75) is 64.5 Å². The smallest absolute Gasteiger partial charge is 0.256 e. The minimum atomic E-state index is -2.10. The summed E-state index contributed by atoms with van der Waals surface area (Å²) in [6.07, 6.45) is 2.96. The molecule has 13 nitrogen and oxygen atoms in total. The average Bonchev–Trinajstić information content (AvgIpc) is 2.80. The van der Waals surface area contributed by atoms with Crippen LogP contribution in [0, 0.1) is 10.8 Å². The fourth-order valence-corrected chi connectivity index (χ4v) is 13.8. The number of likely N-dealkylation sites (tertiary alicyclic amines) is 2. The number of hydrogen-bond acceptors (Lipinski definition) is 9. The van der Waals surface area contributed by atoms with Crippen LogP contribution in [0.2, 0.25) is 38.3 Å². The van der Waals surface area contributed by atoms with Gasteiger partial charge in [0.05, 0.1) is 23.6 Å². The van der Waals surface area contributed by atoms with E-state index in [9.17, 15) is 38.4 Å². The monoisotopic (exact) mass is 728 g/mol. The fourth-order valence-electron chi connectivity index (χ4n) is 4.82. The number of imide groups is 4. The summed E-state index contributed by atoms with van der Waals surface area (Å²) in [5.74, 6) is -6.63. The average molecular weight is 728 g/mol. The van der Waals surface area contributed by atoms with Crippen LogP contribution in [0.4, 0.5) is 0 Å². The molecule has 0 saturated carbocycles. The molecule has 4 heterocycles. The van der Waals surface area contributed by atoms with Crippen LogP contribution in [0.1, 0.15) is 26.2 Å². The molecule has 0 aromatic rings. The van der Waals surface area contributed by atoms with E-state index in [2.05, 4.69) is 43.7 Å². The molecular formula is C22H30N4O9Si2Y2-2. The Hall–Kier alpha value is -0.838. The quantitative estimate of drug-likeness (QED) is 0.189. The molecule has 0 aliphatic carbocycles. The van der Waals surface area contributed by atoms with Gasteiger partial charge in [-0.25, -0.2) is 0 Å². The van der Waals surface area contributed by atoms with Crippen LogP contribution >= 0.6 is 0 Å². The Bertz CT molecular complexity index is 1080. The van der Waals surface area contributed by atoms with Crippen LogP contribution in [-0.2, 0) is 108 Å². The zero-order valence-electron chi connectivity index (χ0n) is 22.9. The van der Waals surface area contributed by atoms with Crippen molar-refractivity contribution in [3.05, 3.63) is 10.6 Å². The molecule has 2 radical (unpaired) electrons. The molecule has 0 unspecified atom stereocenters. The van der Waals surface area contributed by atoms with E-state index in [1.807, 2.05) is 0 Å². The molecule has 4 saturated heterocycles.